The topological polar surface area (TPSA) is 56.1 Å². The van der Waals surface area contributed by atoms with Gasteiger partial charge in [-0.25, -0.2) is 0 Å². The van der Waals surface area contributed by atoms with Gasteiger partial charge >= 0.3 is 0 Å². The number of hydrogen-bond acceptors (Lipinski definition) is 4. The highest BCUT2D eigenvalue weighted by atomic mass is 32.2. The predicted molar refractivity (Wildman–Crippen MR) is 72.8 cm³/mol. The molecule has 1 aliphatic rings. The molecule has 1 heterocycles. The average Bonchev–Trinajstić information content (AvgIpc) is 2.62. The smallest absolute Gasteiger partial charge is 0.221 e. The largest absolute Gasteiger partial charge is 0.368 e. The third-order valence-electron chi connectivity index (χ3n) is 2.99. The number of rotatable bonds is 2. The number of amides is 1. The molecule has 0 bridgehead atoms. The lowest BCUT2D eigenvalue weighted by Crippen LogP contribution is -2.29. The number of nitrogens with one attached hydrogen (secondary N) is 1. The predicted octanol–water partition coefficient (Wildman–Crippen LogP) is 1.61. The fourth-order valence-electron chi connectivity index (χ4n) is 2.07. The van der Waals surface area contributed by atoms with Crippen molar-refractivity contribution in [2.45, 2.75) is 11.3 Å². The zero-order valence-electron chi connectivity index (χ0n) is 10.3. The molecule has 1 aromatic rings. The Morgan fingerprint density at radius 1 is 1.44 bits per heavy atom. The van der Waals surface area contributed by atoms with Gasteiger partial charge in [0.1, 0.15) is 6.07 Å². The molecule has 2 rings (SSSR count). The van der Waals surface area contributed by atoms with Crippen molar-refractivity contribution in [3.8, 4) is 6.07 Å². The number of thioether (sulfide) groups is 1. The van der Waals surface area contributed by atoms with Crippen LogP contribution in [0.1, 0.15) is 12.0 Å². The number of carbonyl (C=O) groups is 1. The van der Waals surface area contributed by atoms with Crippen LogP contribution in [0.3, 0.4) is 0 Å². The Hall–Kier alpha value is -1.67. The van der Waals surface area contributed by atoms with Crippen molar-refractivity contribution in [1.82, 2.24) is 5.32 Å². The lowest BCUT2D eigenvalue weighted by Gasteiger charge is -2.23. The number of anilines is 1. The first-order valence-electron chi connectivity index (χ1n) is 5.85. The second-order valence-corrected chi connectivity index (χ2v) is 4.90. The fourth-order valence-corrected chi connectivity index (χ4v) is 2.64. The maximum atomic E-state index is 11.3. The Labute approximate surface area is 111 Å². The van der Waals surface area contributed by atoms with Gasteiger partial charge in [0.05, 0.1) is 11.3 Å². The van der Waals surface area contributed by atoms with E-state index >= 15 is 0 Å². The quantitative estimate of drug-likeness (QED) is 0.822. The minimum atomic E-state index is 0.0806. The Morgan fingerprint density at radius 3 is 3.00 bits per heavy atom. The van der Waals surface area contributed by atoms with Gasteiger partial charge in [-0.15, -0.1) is 11.8 Å². The van der Waals surface area contributed by atoms with E-state index in [1.54, 1.807) is 11.8 Å². The summed E-state index contributed by atoms with van der Waals surface area (Å²) >= 11 is 1.57. The Bertz CT molecular complexity index is 495. The van der Waals surface area contributed by atoms with Gasteiger partial charge in [0.2, 0.25) is 5.91 Å². The van der Waals surface area contributed by atoms with Gasteiger partial charge < -0.3 is 10.2 Å². The van der Waals surface area contributed by atoms with Crippen LogP contribution >= 0.6 is 11.8 Å². The van der Waals surface area contributed by atoms with Crippen LogP contribution in [0.5, 0.6) is 0 Å². The molecule has 4 nitrogen and oxygen atoms in total. The summed E-state index contributed by atoms with van der Waals surface area (Å²) in [6.45, 7) is 2.05. The highest BCUT2D eigenvalue weighted by Gasteiger charge is 2.17. The summed E-state index contributed by atoms with van der Waals surface area (Å²) in [5.41, 5.74) is 1.64. The summed E-state index contributed by atoms with van der Waals surface area (Å²) in [6.07, 6.45) is 2.45. The van der Waals surface area contributed by atoms with Crippen LogP contribution in [0, 0.1) is 11.3 Å². The number of hydrogen-bond donors (Lipinski definition) is 1. The molecule has 0 unspecified atom stereocenters. The van der Waals surface area contributed by atoms with E-state index in [1.165, 1.54) is 0 Å². The first kappa shape index (κ1) is 12.8. The first-order valence-corrected chi connectivity index (χ1v) is 7.07. The Kier molecular flexibility index (Phi) is 4.11. The molecule has 0 saturated carbocycles. The van der Waals surface area contributed by atoms with Crippen molar-refractivity contribution >= 4 is 23.4 Å². The normalized spacial score (nSPS) is 15.8. The van der Waals surface area contributed by atoms with E-state index in [9.17, 15) is 10.1 Å². The second kappa shape index (κ2) is 5.78. The van der Waals surface area contributed by atoms with E-state index in [4.69, 9.17) is 0 Å². The summed E-state index contributed by atoms with van der Waals surface area (Å²) in [6, 6.07) is 8.14. The van der Waals surface area contributed by atoms with Crippen molar-refractivity contribution in [2.24, 2.45) is 0 Å². The van der Waals surface area contributed by atoms with Gasteiger partial charge in [0, 0.05) is 31.0 Å². The zero-order chi connectivity index (χ0) is 13.0. The van der Waals surface area contributed by atoms with Crippen molar-refractivity contribution in [3.63, 3.8) is 0 Å². The van der Waals surface area contributed by atoms with Crippen LogP contribution in [0.15, 0.2) is 23.1 Å². The highest BCUT2D eigenvalue weighted by Crippen LogP contribution is 2.29. The van der Waals surface area contributed by atoms with Crippen LogP contribution in [0.2, 0.25) is 0 Å². The Morgan fingerprint density at radius 2 is 2.28 bits per heavy atom. The molecule has 0 radical (unpaired) electrons. The molecule has 0 aliphatic carbocycles. The fraction of sp³-hybridized carbons (Fsp3) is 0.385. The van der Waals surface area contributed by atoms with Crippen LogP contribution in [-0.4, -0.2) is 31.8 Å². The van der Waals surface area contributed by atoms with Gasteiger partial charge in [0.25, 0.3) is 0 Å². The molecule has 5 heteroatoms. The number of nitrogens with zero attached hydrogens (tertiary/aromatic N) is 2. The van der Waals surface area contributed by atoms with Crippen molar-refractivity contribution in [1.29, 1.82) is 5.26 Å². The first-order chi connectivity index (χ1) is 8.76. The van der Waals surface area contributed by atoms with Crippen molar-refractivity contribution in [3.05, 3.63) is 23.8 Å². The van der Waals surface area contributed by atoms with Crippen LogP contribution in [0.25, 0.3) is 0 Å². The summed E-state index contributed by atoms with van der Waals surface area (Å²) in [5.74, 6) is 0.0806. The molecule has 1 N–H and O–H groups in total. The molecule has 1 aromatic carbocycles. The van der Waals surface area contributed by atoms with E-state index < -0.39 is 0 Å². The van der Waals surface area contributed by atoms with Gasteiger partial charge in [-0.2, -0.15) is 5.26 Å². The summed E-state index contributed by atoms with van der Waals surface area (Å²) < 4.78 is 0. The third-order valence-corrected chi connectivity index (χ3v) is 3.77. The monoisotopic (exact) mass is 261 g/mol. The molecule has 0 aromatic heterocycles. The molecular weight excluding hydrogens is 246 g/mol. The van der Waals surface area contributed by atoms with E-state index in [0.29, 0.717) is 25.1 Å². The molecule has 1 saturated heterocycles. The van der Waals surface area contributed by atoms with Gasteiger partial charge in [0.15, 0.2) is 0 Å². The summed E-state index contributed by atoms with van der Waals surface area (Å²) in [5, 5.41) is 12.2. The van der Waals surface area contributed by atoms with E-state index in [0.717, 1.165) is 17.1 Å². The number of carbonyl (C=O) groups excluding carboxylic acids is 1. The molecule has 18 heavy (non-hydrogen) atoms. The number of benzene rings is 1. The summed E-state index contributed by atoms with van der Waals surface area (Å²) in [4.78, 5) is 14.4. The van der Waals surface area contributed by atoms with Gasteiger partial charge in [-0.05, 0) is 18.4 Å². The van der Waals surface area contributed by atoms with Gasteiger partial charge in [-0.3, -0.25) is 4.79 Å². The molecule has 0 atom stereocenters. The maximum absolute atomic E-state index is 11.3. The lowest BCUT2D eigenvalue weighted by molar-refractivity contribution is -0.120. The van der Waals surface area contributed by atoms with Gasteiger partial charge in [-0.1, -0.05) is 6.07 Å². The molecule has 0 spiro atoms. The summed E-state index contributed by atoms with van der Waals surface area (Å²) in [7, 11) is 0. The van der Waals surface area contributed by atoms with E-state index in [-0.39, 0.29) is 5.91 Å². The standard InChI is InChI=1S/C13H15N3OS/c1-18-12-4-2-3-11(10(12)9-14)16-7-5-13(17)15-6-8-16/h2-4H,5-8H2,1H3,(H,15,17). The molecule has 1 amide bonds. The van der Waals surface area contributed by atoms with Crippen molar-refractivity contribution in [2.75, 3.05) is 30.8 Å². The third kappa shape index (κ3) is 2.59. The Balaban J connectivity index is 2.32. The highest BCUT2D eigenvalue weighted by molar-refractivity contribution is 7.98. The van der Waals surface area contributed by atoms with Crippen LogP contribution < -0.4 is 10.2 Å². The molecule has 1 aliphatic heterocycles. The minimum absolute atomic E-state index is 0.0806. The van der Waals surface area contributed by atoms with E-state index in [2.05, 4.69) is 16.3 Å². The van der Waals surface area contributed by atoms with Crippen molar-refractivity contribution < 1.29 is 4.79 Å². The minimum Gasteiger partial charge on any atom is -0.368 e. The molecule has 1 fully saturated rings. The van der Waals surface area contributed by atoms with E-state index in [1.807, 2.05) is 24.5 Å². The SMILES string of the molecule is CSc1cccc(N2CCNC(=O)CC2)c1C#N. The number of nitriles is 1. The maximum Gasteiger partial charge on any atom is 0.221 e. The molecule has 94 valence electrons. The van der Waals surface area contributed by atoms with Crippen LogP contribution in [-0.2, 0) is 4.79 Å². The average molecular weight is 261 g/mol. The zero-order valence-corrected chi connectivity index (χ0v) is 11.1. The lowest BCUT2D eigenvalue weighted by atomic mass is 10.1. The molecular formula is C13H15N3OS. The second-order valence-electron chi connectivity index (χ2n) is 4.05. The van der Waals surface area contributed by atoms with Crippen LogP contribution in [0.4, 0.5) is 5.69 Å².